The predicted molar refractivity (Wildman–Crippen MR) is 144 cm³/mol. The Morgan fingerprint density at radius 2 is 1.54 bits per heavy atom. The molecule has 1 aliphatic carbocycles. The maximum Gasteiger partial charge on any atom is 0.282 e. The van der Waals surface area contributed by atoms with Crippen LogP contribution in [0.3, 0.4) is 0 Å². The molecule has 2 aromatic heterocycles. The number of aromatic amines is 1. The van der Waals surface area contributed by atoms with Gasteiger partial charge in [-0.1, -0.05) is 44.2 Å². The first-order valence-corrected chi connectivity index (χ1v) is 13.9. The van der Waals surface area contributed by atoms with Gasteiger partial charge >= 0.3 is 0 Å². The quantitative estimate of drug-likeness (QED) is 0.544. The minimum Gasteiger partial charge on any atom is -0.327 e. The molecule has 2 aliphatic heterocycles. The van der Waals surface area contributed by atoms with E-state index in [4.69, 9.17) is 0 Å². The predicted octanol–water partition coefficient (Wildman–Crippen LogP) is 4.62. The first-order chi connectivity index (χ1) is 18.1. The lowest BCUT2D eigenvalue weighted by Crippen LogP contribution is -2.50. The molecule has 3 aliphatic rings. The molecular weight excluding hydrogens is 466 g/mol. The van der Waals surface area contributed by atoms with Gasteiger partial charge in [0.15, 0.2) is 5.69 Å². The van der Waals surface area contributed by atoms with Crippen molar-refractivity contribution in [1.29, 1.82) is 0 Å². The SMILES string of the molecule is O=C(Nc1ccc(=O)[nH]c1)c1nc2ccccc2n(C2C[C@H]3CC[C@@H](C2)N3C2CCCCCCC2)c1=O. The second kappa shape index (κ2) is 10.2. The summed E-state index contributed by atoms with van der Waals surface area (Å²) in [6.07, 6.45) is 15.0. The molecule has 1 saturated carbocycles. The molecule has 37 heavy (non-hydrogen) atoms. The molecule has 3 aromatic rings. The van der Waals surface area contributed by atoms with Gasteiger partial charge in [-0.05, 0) is 56.7 Å². The zero-order valence-corrected chi connectivity index (χ0v) is 21.2. The van der Waals surface area contributed by atoms with Crippen molar-refractivity contribution in [2.45, 2.75) is 94.8 Å². The minimum absolute atomic E-state index is 0.0438. The lowest BCUT2D eigenvalue weighted by Gasteiger charge is -2.45. The highest BCUT2D eigenvalue weighted by Crippen LogP contribution is 2.44. The number of hydrogen-bond acceptors (Lipinski definition) is 5. The lowest BCUT2D eigenvalue weighted by atomic mass is 9.89. The summed E-state index contributed by atoms with van der Waals surface area (Å²) in [5, 5.41) is 2.72. The highest BCUT2D eigenvalue weighted by Gasteiger charge is 2.44. The van der Waals surface area contributed by atoms with E-state index >= 15 is 0 Å². The number of anilines is 1. The summed E-state index contributed by atoms with van der Waals surface area (Å²) >= 11 is 0. The molecule has 6 rings (SSSR count). The zero-order chi connectivity index (χ0) is 25.4. The van der Waals surface area contributed by atoms with Crippen LogP contribution >= 0.6 is 0 Å². The molecule has 2 N–H and O–H groups in total. The Hall–Kier alpha value is -3.26. The van der Waals surface area contributed by atoms with E-state index in [1.54, 1.807) is 0 Å². The van der Waals surface area contributed by atoms with E-state index in [1.165, 1.54) is 76.1 Å². The van der Waals surface area contributed by atoms with Gasteiger partial charge in [0.25, 0.3) is 11.5 Å². The molecule has 4 heterocycles. The number of aromatic nitrogens is 3. The second-order valence-corrected chi connectivity index (χ2v) is 11.0. The van der Waals surface area contributed by atoms with Crippen molar-refractivity contribution in [3.63, 3.8) is 0 Å². The molecule has 2 bridgehead atoms. The van der Waals surface area contributed by atoms with Gasteiger partial charge in [-0.15, -0.1) is 0 Å². The van der Waals surface area contributed by atoms with Gasteiger partial charge in [-0.2, -0.15) is 0 Å². The van der Waals surface area contributed by atoms with Crippen LogP contribution in [0.15, 0.2) is 52.2 Å². The second-order valence-electron chi connectivity index (χ2n) is 11.0. The molecule has 194 valence electrons. The number of pyridine rings is 1. The third-order valence-corrected chi connectivity index (χ3v) is 8.68. The zero-order valence-electron chi connectivity index (χ0n) is 21.2. The Morgan fingerprint density at radius 1 is 0.838 bits per heavy atom. The topological polar surface area (TPSA) is 100 Å². The molecule has 1 unspecified atom stereocenters. The summed E-state index contributed by atoms with van der Waals surface area (Å²) in [4.78, 5) is 48.2. The molecule has 1 aromatic carbocycles. The van der Waals surface area contributed by atoms with Crippen molar-refractivity contribution in [3.8, 4) is 0 Å². The highest BCUT2D eigenvalue weighted by atomic mass is 16.2. The van der Waals surface area contributed by atoms with E-state index in [0.717, 1.165) is 18.4 Å². The first-order valence-electron chi connectivity index (χ1n) is 13.9. The average Bonchev–Trinajstić information content (AvgIpc) is 3.13. The van der Waals surface area contributed by atoms with Crippen LogP contribution in [-0.2, 0) is 0 Å². The van der Waals surface area contributed by atoms with Crippen molar-refractivity contribution in [3.05, 3.63) is 69.0 Å². The minimum atomic E-state index is -0.563. The smallest absolute Gasteiger partial charge is 0.282 e. The summed E-state index contributed by atoms with van der Waals surface area (Å²) in [6.45, 7) is 0. The first kappa shape index (κ1) is 24.1. The van der Waals surface area contributed by atoms with Crippen LogP contribution in [0, 0.1) is 0 Å². The maximum atomic E-state index is 13.8. The third kappa shape index (κ3) is 4.75. The van der Waals surface area contributed by atoms with Crippen LogP contribution in [-0.4, -0.2) is 43.5 Å². The van der Waals surface area contributed by atoms with Crippen LogP contribution in [0.5, 0.6) is 0 Å². The Kier molecular flexibility index (Phi) is 6.67. The van der Waals surface area contributed by atoms with E-state index in [0.29, 0.717) is 29.3 Å². The van der Waals surface area contributed by atoms with Gasteiger partial charge < -0.3 is 14.9 Å². The lowest BCUT2D eigenvalue weighted by molar-refractivity contribution is 0.0497. The molecule has 0 spiro atoms. The summed E-state index contributed by atoms with van der Waals surface area (Å²) in [6, 6.07) is 12.2. The van der Waals surface area contributed by atoms with Gasteiger partial charge in [0.1, 0.15) is 0 Å². The number of nitrogens with one attached hydrogen (secondary N) is 2. The monoisotopic (exact) mass is 501 g/mol. The van der Waals surface area contributed by atoms with Crippen molar-refractivity contribution in [2.75, 3.05) is 5.32 Å². The number of piperidine rings is 1. The fourth-order valence-corrected chi connectivity index (χ4v) is 7.07. The number of amides is 1. The van der Waals surface area contributed by atoms with E-state index in [-0.39, 0.29) is 22.9 Å². The van der Waals surface area contributed by atoms with Crippen LogP contribution in [0.4, 0.5) is 5.69 Å². The van der Waals surface area contributed by atoms with Gasteiger partial charge in [-0.25, -0.2) is 4.98 Å². The van der Waals surface area contributed by atoms with Gasteiger partial charge in [0.2, 0.25) is 5.56 Å². The number of hydrogen-bond donors (Lipinski definition) is 2. The molecule has 3 fully saturated rings. The summed E-state index contributed by atoms with van der Waals surface area (Å²) in [5.74, 6) is -0.563. The molecule has 8 heteroatoms. The number of benzene rings is 1. The standard InChI is InChI=1S/C29H35N5O3/c35-26-15-12-19(18-30-26)31-28(36)27-29(37)34(25-11-7-6-10-24(25)32-27)23-16-21-13-14-22(17-23)33(21)20-8-4-2-1-3-5-9-20/h6-7,10-12,15,18,20-23H,1-5,8-9,13-14,16-17H2,(H,30,35)(H,31,36)/t21-,22+,23?. The number of para-hydroxylation sites is 2. The van der Waals surface area contributed by atoms with Crippen molar-refractivity contribution in [1.82, 2.24) is 19.4 Å². The number of H-pyrrole nitrogens is 1. The van der Waals surface area contributed by atoms with Gasteiger partial charge in [0.05, 0.1) is 16.7 Å². The van der Waals surface area contributed by atoms with E-state index in [9.17, 15) is 14.4 Å². The normalized spacial score (nSPS) is 25.0. The molecule has 3 atom stereocenters. The molecular formula is C29H35N5O3. The van der Waals surface area contributed by atoms with Crippen molar-refractivity contribution < 1.29 is 4.79 Å². The molecule has 0 radical (unpaired) electrons. The van der Waals surface area contributed by atoms with Gasteiger partial charge in [-0.3, -0.25) is 19.3 Å². The van der Waals surface area contributed by atoms with E-state index in [2.05, 4.69) is 20.2 Å². The van der Waals surface area contributed by atoms with E-state index < -0.39 is 5.91 Å². The van der Waals surface area contributed by atoms with Crippen LogP contribution in [0.25, 0.3) is 11.0 Å². The van der Waals surface area contributed by atoms with E-state index in [1.807, 2.05) is 28.8 Å². The van der Waals surface area contributed by atoms with Crippen LogP contribution < -0.4 is 16.4 Å². The number of fused-ring (bicyclic) bond motifs is 3. The summed E-state index contributed by atoms with van der Waals surface area (Å²) in [7, 11) is 0. The number of rotatable bonds is 4. The Morgan fingerprint density at radius 3 is 2.24 bits per heavy atom. The number of carbonyl (C=O) groups is 1. The average molecular weight is 502 g/mol. The third-order valence-electron chi connectivity index (χ3n) is 8.68. The Labute approximate surface area is 216 Å². The maximum absolute atomic E-state index is 13.8. The molecule has 2 saturated heterocycles. The fourth-order valence-electron chi connectivity index (χ4n) is 7.07. The van der Waals surface area contributed by atoms with Crippen molar-refractivity contribution >= 4 is 22.6 Å². The van der Waals surface area contributed by atoms with Gasteiger partial charge in [0, 0.05) is 36.4 Å². The fraction of sp³-hybridized carbons (Fsp3) is 0.517. The highest BCUT2D eigenvalue weighted by molar-refractivity contribution is 6.03. The van der Waals surface area contributed by atoms with Crippen LogP contribution in [0.2, 0.25) is 0 Å². The van der Waals surface area contributed by atoms with Crippen LogP contribution in [0.1, 0.15) is 87.2 Å². The summed E-state index contributed by atoms with van der Waals surface area (Å²) in [5.41, 5.74) is 1.13. The molecule has 8 nitrogen and oxygen atoms in total. The Balaban J connectivity index is 1.32. The number of nitrogens with zero attached hydrogens (tertiary/aromatic N) is 3. The summed E-state index contributed by atoms with van der Waals surface area (Å²) < 4.78 is 1.85. The van der Waals surface area contributed by atoms with Crippen molar-refractivity contribution in [2.24, 2.45) is 0 Å². The largest absolute Gasteiger partial charge is 0.327 e. The Bertz CT molecular complexity index is 1370. The molecule has 1 amide bonds. The number of carbonyl (C=O) groups excluding carboxylic acids is 1.